The van der Waals surface area contributed by atoms with Gasteiger partial charge < -0.3 is 9.84 Å². The summed E-state index contributed by atoms with van der Waals surface area (Å²) in [6, 6.07) is 5.01. The lowest BCUT2D eigenvalue weighted by Crippen LogP contribution is -2.02. The van der Waals surface area contributed by atoms with E-state index >= 15 is 0 Å². The van der Waals surface area contributed by atoms with Crippen molar-refractivity contribution in [1.29, 1.82) is 0 Å². The number of hydrogen-bond donors (Lipinski definition) is 1. The van der Waals surface area contributed by atoms with E-state index in [9.17, 15) is 4.79 Å². The average molecular weight is 309 g/mol. The number of aromatic carboxylic acids is 1. The number of aryl methyl sites for hydroxylation is 1. The second-order valence-electron chi connectivity index (χ2n) is 3.54. The van der Waals surface area contributed by atoms with Crippen LogP contribution in [0.3, 0.4) is 0 Å². The average Bonchev–Trinajstić information content (AvgIpc) is 2.34. The number of carbonyl (C=O) groups is 1. The van der Waals surface area contributed by atoms with Gasteiger partial charge in [0.15, 0.2) is 0 Å². The molecule has 1 heterocycles. The molecule has 0 radical (unpaired) electrons. The molecule has 1 aromatic heterocycles. The summed E-state index contributed by atoms with van der Waals surface area (Å²) < 4.78 is 6.15. The van der Waals surface area contributed by atoms with E-state index in [-0.39, 0.29) is 17.3 Å². The van der Waals surface area contributed by atoms with Gasteiger partial charge in [0.2, 0.25) is 0 Å². The van der Waals surface area contributed by atoms with Gasteiger partial charge in [-0.1, -0.05) is 12.1 Å². The Morgan fingerprint density at radius 1 is 1.33 bits per heavy atom. The van der Waals surface area contributed by atoms with E-state index in [1.165, 1.54) is 18.5 Å². The van der Waals surface area contributed by atoms with Gasteiger partial charge in [0.1, 0.15) is 11.3 Å². The first kappa shape index (κ1) is 12.5. The van der Waals surface area contributed by atoms with Crippen molar-refractivity contribution >= 4 is 21.9 Å². The van der Waals surface area contributed by atoms with Crippen molar-refractivity contribution in [3.05, 3.63) is 46.2 Å². The van der Waals surface area contributed by atoms with Gasteiger partial charge in [-0.3, -0.25) is 0 Å². The Morgan fingerprint density at radius 3 is 2.61 bits per heavy atom. The van der Waals surface area contributed by atoms with Crippen molar-refractivity contribution in [2.45, 2.75) is 6.92 Å². The summed E-state index contributed by atoms with van der Waals surface area (Å²) in [5.74, 6) is -0.793. The summed E-state index contributed by atoms with van der Waals surface area (Å²) in [5, 5.41) is 9.08. The number of rotatable bonds is 3. The molecule has 18 heavy (non-hydrogen) atoms. The third kappa shape index (κ3) is 2.65. The smallest absolute Gasteiger partial charge is 0.339 e. The summed E-state index contributed by atoms with van der Waals surface area (Å²) in [6.45, 7) is 1.76. The monoisotopic (exact) mass is 308 g/mol. The minimum atomic E-state index is -1.05. The van der Waals surface area contributed by atoms with Crippen molar-refractivity contribution in [3.63, 3.8) is 0 Å². The Labute approximate surface area is 112 Å². The van der Waals surface area contributed by atoms with Crippen LogP contribution in [0.25, 0.3) is 0 Å². The van der Waals surface area contributed by atoms with Crippen LogP contribution in [0.1, 0.15) is 15.9 Å². The predicted molar refractivity (Wildman–Crippen MR) is 67.9 cm³/mol. The van der Waals surface area contributed by atoms with Crippen LogP contribution in [0.4, 0.5) is 0 Å². The van der Waals surface area contributed by atoms with Crippen molar-refractivity contribution in [2.24, 2.45) is 0 Å². The summed E-state index contributed by atoms with van der Waals surface area (Å²) >= 11 is 3.21. The molecular weight excluding hydrogens is 300 g/mol. The minimum Gasteiger partial charge on any atom is -0.478 e. The minimum absolute atomic E-state index is 0.0847. The Morgan fingerprint density at radius 2 is 2.00 bits per heavy atom. The van der Waals surface area contributed by atoms with Gasteiger partial charge in [-0.25, -0.2) is 14.8 Å². The van der Waals surface area contributed by atoms with E-state index in [0.29, 0.717) is 5.56 Å². The number of carboxylic acid groups (broad SMARTS) is 1. The van der Waals surface area contributed by atoms with Gasteiger partial charge in [0.05, 0.1) is 4.47 Å². The highest BCUT2D eigenvalue weighted by molar-refractivity contribution is 9.10. The number of para-hydroxylation sites is 1. The fourth-order valence-corrected chi connectivity index (χ4v) is 1.61. The van der Waals surface area contributed by atoms with Crippen LogP contribution >= 0.6 is 15.9 Å². The van der Waals surface area contributed by atoms with Gasteiger partial charge in [-0.15, -0.1) is 0 Å². The Hall–Kier alpha value is -1.95. The molecule has 0 fully saturated rings. The van der Waals surface area contributed by atoms with E-state index in [0.717, 1.165) is 4.47 Å². The van der Waals surface area contributed by atoms with E-state index in [1.54, 1.807) is 19.1 Å². The van der Waals surface area contributed by atoms with E-state index in [4.69, 9.17) is 9.84 Å². The zero-order chi connectivity index (χ0) is 13.1. The summed E-state index contributed by atoms with van der Waals surface area (Å²) in [4.78, 5) is 19.0. The maximum atomic E-state index is 11.1. The standard InChI is InChI=1S/C12H9BrN2O3/c1-7-3-2-4-9(11(16)17)10(7)18-12-14-5-8(13)6-15-12/h2-6H,1H3,(H,16,17). The first-order chi connectivity index (χ1) is 8.58. The van der Waals surface area contributed by atoms with Crippen LogP contribution in [-0.4, -0.2) is 21.0 Å². The molecule has 0 spiro atoms. The van der Waals surface area contributed by atoms with Gasteiger partial charge in [-0.2, -0.15) is 0 Å². The molecule has 0 saturated heterocycles. The first-order valence-corrected chi connectivity index (χ1v) is 5.85. The molecule has 2 rings (SSSR count). The molecule has 2 aromatic rings. The summed E-state index contributed by atoms with van der Waals surface area (Å²) in [5.41, 5.74) is 0.794. The lowest BCUT2D eigenvalue weighted by atomic mass is 10.1. The van der Waals surface area contributed by atoms with Crippen LogP contribution in [0.15, 0.2) is 35.1 Å². The quantitative estimate of drug-likeness (QED) is 0.943. The molecule has 92 valence electrons. The maximum absolute atomic E-state index is 11.1. The zero-order valence-corrected chi connectivity index (χ0v) is 11.0. The van der Waals surface area contributed by atoms with Crippen LogP contribution in [0, 0.1) is 6.92 Å². The van der Waals surface area contributed by atoms with Gasteiger partial charge in [0, 0.05) is 12.4 Å². The molecule has 0 atom stereocenters. The Bertz CT molecular complexity index is 584. The van der Waals surface area contributed by atoms with Crippen LogP contribution < -0.4 is 4.74 Å². The molecular formula is C12H9BrN2O3. The molecule has 5 nitrogen and oxygen atoms in total. The highest BCUT2D eigenvalue weighted by Crippen LogP contribution is 2.27. The second kappa shape index (κ2) is 5.14. The van der Waals surface area contributed by atoms with Crippen LogP contribution in [-0.2, 0) is 0 Å². The SMILES string of the molecule is Cc1cccc(C(=O)O)c1Oc1ncc(Br)cn1. The topological polar surface area (TPSA) is 72.3 Å². The fraction of sp³-hybridized carbons (Fsp3) is 0.0833. The maximum Gasteiger partial charge on any atom is 0.339 e. The summed E-state index contributed by atoms with van der Waals surface area (Å²) in [6.07, 6.45) is 3.06. The lowest BCUT2D eigenvalue weighted by Gasteiger charge is -2.09. The van der Waals surface area contributed by atoms with E-state index in [1.807, 2.05) is 0 Å². The number of halogens is 1. The number of benzene rings is 1. The number of hydrogen-bond acceptors (Lipinski definition) is 4. The van der Waals surface area contributed by atoms with Crippen LogP contribution in [0.5, 0.6) is 11.8 Å². The first-order valence-electron chi connectivity index (χ1n) is 5.06. The Kier molecular flexibility index (Phi) is 3.57. The molecule has 0 aliphatic carbocycles. The van der Waals surface area contributed by atoms with Gasteiger partial charge in [0.25, 0.3) is 0 Å². The van der Waals surface area contributed by atoms with Crippen LogP contribution in [0.2, 0.25) is 0 Å². The molecule has 0 saturated carbocycles. The Balaban J connectivity index is 2.39. The molecule has 0 amide bonds. The normalized spacial score (nSPS) is 10.1. The molecule has 6 heteroatoms. The van der Waals surface area contributed by atoms with Crippen molar-refractivity contribution in [3.8, 4) is 11.8 Å². The number of nitrogens with zero attached hydrogens (tertiary/aromatic N) is 2. The molecule has 0 aliphatic rings. The third-order valence-corrected chi connectivity index (χ3v) is 2.64. The predicted octanol–water partition coefficient (Wildman–Crippen LogP) is 3.04. The lowest BCUT2D eigenvalue weighted by molar-refractivity contribution is 0.0694. The van der Waals surface area contributed by atoms with Gasteiger partial charge in [-0.05, 0) is 34.5 Å². The third-order valence-electron chi connectivity index (χ3n) is 2.23. The van der Waals surface area contributed by atoms with E-state index < -0.39 is 5.97 Å². The fourth-order valence-electron chi connectivity index (χ4n) is 1.40. The van der Waals surface area contributed by atoms with E-state index in [2.05, 4.69) is 25.9 Å². The zero-order valence-electron chi connectivity index (χ0n) is 9.42. The van der Waals surface area contributed by atoms with Crippen molar-refractivity contribution in [2.75, 3.05) is 0 Å². The molecule has 0 aliphatic heterocycles. The molecule has 1 N–H and O–H groups in total. The molecule has 0 unspecified atom stereocenters. The highest BCUT2D eigenvalue weighted by atomic mass is 79.9. The number of carboxylic acids is 1. The molecule has 0 bridgehead atoms. The molecule has 1 aromatic carbocycles. The summed E-state index contributed by atoms with van der Waals surface area (Å²) in [7, 11) is 0. The van der Waals surface area contributed by atoms with Gasteiger partial charge >= 0.3 is 12.0 Å². The largest absolute Gasteiger partial charge is 0.478 e. The van der Waals surface area contributed by atoms with Crippen molar-refractivity contribution < 1.29 is 14.6 Å². The number of aromatic nitrogens is 2. The second-order valence-corrected chi connectivity index (χ2v) is 4.46. The highest BCUT2D eigenvalue weighted by Gasteiger charge is 2.15. The van der Waals surface area contributed by atoms with Crippen molar-refractivity contribution in [1.82, 2.24) is 9.97 Å². The number of ether oxygens (including phenoxy) is 1.